The third kappa shape index (κ3) is 3.31. The molecule has 0 saturated heterocycles. The topological polar surface area (TPSA) is 66.4 Å². The lowest BCUT2D eigenvalue weighted by Crippen LogP contribution is -2.27. The molecule has 2 atom stereocenters. The molecule has 1 aromatic rings. The fourth-order valence-corrected chi connectivity index (χ4v) is 1.86. The quantitative estimate of drug-likeness (QED) is 0.799. The zero-order valence-corrected chi connectivity index (χ0v) is 9.43. The first-order valence-electron chi connectivity index (χ1n) is 5.70. The van der Waals surface area contributed by atoms with Crippen LogP contribution in [0.25, 0.3) is 0 Å². The van der Waals surface area contributed by atoms with Gasteiger partial charge in [-0.25, -0.2) is 0 Å². The van der Waals surface area contributed by atoms with E-state index in [-0.39, 0.29) is 17.7 Å². The van der Waals surface area contributed by atoms with Crippen LogP contribution in [0.5, 0.6) is 0 Å². The molecule has 0 aliphatic heterocycles. The van der Waals surface area contributed by atoms with Gasteiger partial charge in [0.1, 0.15) is 0 Å². The minimum Gasteiger partial charge on any atom is -0.481 e. The molecule has 17 heavy (non-hydrogen) atoms. The smallest absolute Gasteiger partial charge is 0.306 e. The molecule has 1 amide bonds. The Kier molecular flexibility index (Phi) is 3.42. The third-order valence-electron chi connectivity index (χ3n) is 3.01. The summed E-state index contributed by atoms with van der Waals surface area (Å²) < 4.78 is 0. The van der Waals surface area contributed by atoms with Crippen LogP contribution in [0.15, 0.2) is 30.3 Å². The Hall–Kier alpha value is -1.84. The number of carbonyl (C=O) groups excluding carboxylic acids is 1. The van der Waals surface area contributed by atoms with Gasteiger partial charge in [-0.05, 0) is 17.9 Å². The van der Waals surface area contributed by atoms with Crippen molar-refractivity contribution in [2.75, 3.05) is 6.54 Å². The van der Waals surface area contributed by atoms with Gasteiger partial charge >= 0.3 is 5.97 Å². The highest BCUT2D eigenvalue weighted by atomic mass is 16.4. The minimum atomic E-state index is -0.757. The average Bonchev–Trinajstić information content (AvgIpc) is 3.07. The van der Waals surface area contributed by atoms with Crippen molar-refractivity contribution in [3.8, 4) is 0 Å². The second-order valence-corrected chi connectivity index (χ2v) is 4.41. The van der Waals surface area contributed by atoms with Gasteiger partial charge in [0.2, 0.25) is 5.91 Å². The first-order chi connectivity index (χ1) is 8.16. The maximum atomic E-state index is 11.6. The van der Waals surface area contributed by atoms with Gasteiger partial charge in [-0.2, -0.15) is 0 Å². The molecule has 4 nitrogen and oxygen atoms in total. The summed E-state index contributed by atoms with van der Waals surface area (Å²) in [6.45, 7) is 0.475. The summed E-state index contributed by atoms with van der Waals surface area (Å²) in [4.78, 5) is 22.2. The van der Waals surface area contributed by atoms with Crippen LogP contribution in [0.4, 0.5) is 0 Å². The summed E-state index contributed by atoms with van der Waals surface area (Å²) in [5.41, 5.74) is 0.968. The SMILES string of the molecule is O=C(Cc1ccccc1)NCC1CC1C(=O)O. The van der Waals surface area contributed by atoms with Crippen LogP contribution < -0.4 is 5.32 Å². The zero-order chi connectivity index (χ0) is 12.3. The second kappa shape index (κ2) is 4.99. The van der Waals surface area contributed by atoms with E-state index in [0.29, 0.717) is 19.4 Å². The molecular formula is C13H15NO3. The number of carboxylic acids is 1. The lowest BCUT2D eigenvalue weighted by atomic mass is 10.1. The van der Waals surface area contributed by atoms with Crippen molar-refractivity contribution in [1.82, 2.24) is 5.32 Å². The van der Waals surface area contributed by atoms with Gasteiger partial charge < -0.3 is 10.4 Å². The predicted octanol–water partition coefficient (Wildman–Crippen LogP) is 1.07. The van der Waals surface area contributed by atoms with Crippen molar-refractivity contribution in [3.63, 3.8) is 0 Å². The molecule has 0 heterocycles. The molecule has 1 aromatic carbocycles. The lowest BCUT2D eigenvalue weighted by molar-refractivity contribution is -0.139. The van der Waals surface area contributed by atoms with E-state index < -0.39 is 5.97 Å². The summed E-state index contributed by atoms with van der Waals surface area (Å²) in [5.74, 6) is -0.946. The molecule has 90 valence electrons. The molecule has 2 N–H and O–H groups in total. The number of carbonyl (C=O) groups is 2. The number of rotatable bonds is 5. The number of amides is 1. The highest BCUT2D eigenvalue weighted by Gasteiger charge is 2.42. The predicted molar refractivity (Wildman–Crippen MR) is 62.4 cm³/mol. The van der Waals surface area contributed by atoms with Gasteiger partial charge in [0.25, 0.3) is 0 Å². The van der Waals surface area contributed by atoms with E-state index in [1.54, 1.807) is 0 Å². The molecule has 1 saturated carbocycles. The minimum absolute atomic E-state index is 0.0489. The molecule has 4 heteroatoms. The van der Waals surface area contributed by atoms with Crippen molar-refractivity contribution in [2.45, 2.75) is 12.8 Å². The first-order valence-corrected chi connectivity index (χ1v) is 5.70. The molecule has 1 aliphatic carbocycles. The zero-order valence-electron chi connectivity index (χ0n) is 9.43. The van der Waals surface area contributed by atoms with Crippen LogP contribution in [-0.2, 0) is 16.0 Å². The van der Waals surface area contributed by atoms with Gasteiger partial charge in [0, 0.05) is 6.54 Å². The van der Waals surface area contributed by atoms with Crippen molar-refractivity contribution in [3.05, 3.63) is 35.9 Å². The molecule has 0 aromatic heterocycles. The summed E-state index contributed by atoms with van der Waals surface area (Å²) in [5, 5.41) is 11.5. The molecule has 1 fully saturated rings. The Labute approximate surface area is 99.6 Å². The molecule has 2 unspecified atom stereocenters. The number of carboxylic acid groups (broad SMARTS) is 1. The van der Waals surface area contributed by atoms with E-state index in [2.05, 4.69) is 5.32 Å². The van der Waals surface area contributed by atoms with E-state index >= 15 is 0 Å². The van der Waals surface area contributed by atoms with Gasteiger partial charge in [0.15, 0.2) is 0 Å². The molecule has 0 bridgehead atoms. The normalized spacial score (nSPS) is 21.9. The van der Waals surface area contributed by atoms with E-state index in [1.807, 2.05) is 30.3 Å². The largest absolute Gasteiger partial charge is 0.481 e. The molecule has 1 aliphatic rings. The number of hydrogen-bond acceptors (Lipinski definition) is 2. The van der Waals surface area contributed by atoms with Crippen LogP contribution in [-0.4, -0.2) is 23.5 Å². The van der Waals surface area contributed by atoms with E-state index in [0.717, 1.165) is 5.56 Å². The lowest BCUT2D eigenvalue weighted by Gasteiger charge is -2.04. The van der Waals surface area contributed by atoms with E-state index in [1.165, 1.54) is 0 Å². The number of aliphatic carboxylic acids is 1. The molecular weight excluding hydrogens is 218 g/mol. The average molecular weight is 233 g/mol. The number of benzene rings is 1. The van der Waals surface area contributed by atoms with Crippen LogP contribution in [0, 0.1) is 11.8 Å². The highest BCUT2D eigenvalue weighted by molar-refractivity contribution is 5.79. The fourth-order valence-electron chi connectivity index (χ4n) is 1.86. The van der Waals surface area contributed by atoms with Crippen LogP contribution in [0.2, 0.25) is 0 Å². The van der Waals surface area contributed by atoms with Gasteiger partial charge in [-0.1, -0.05) is 30.3 Å². The van der Waals surface area contributed by atoms with Crippen LogP contribution >= 0.6 is 0 Å². The Morgan fingerprint density at radius 2 is 2.00 bits per heavy atom. The van der Waals surface area contributed by atoms with Crippen molar-refractivity contribution < 1.29 is 14.7 Å². The van der Waals surface area contributed by atoms with E-state index in [4.69, 9.17) is 5.11 Å². The summed E-state index contributed by atoms with van der Waals surface area (Å²) in [6.07, 6.45) is 1.03. The van der Waals surface area contributed by atoms with Gasteiger partial charge in [0.05, 0.1) is 12.3 Å². The summed E-state index contributed by atoms with van der Waals surface area (Å²) >= 11 is 0. The molecule has 2 rings (SSSR count). The second-order valence-electron chi connectivity index (χ2n) is 4.41. The number of hydrogen-bond donors (Lipinski definition) is 2. The summed E-state index contributed by atoms with van der Waals surface area (Å²) in [7, 11) is 0. The third-order valence-corrected chi connectivity index (χ3v) is 3.01. The molecule has 0 spiro atoms. The first kappa shape index (κ1) is 11.6. The Morgan fingerprint density at radius 3 is 2.59 bits per heavy atom. The maximum Gasteiger partial charge on any atom is 0.306 e. The molecule has 0 radical (unpaired) electrons. The Morgan fingerprint density at radius 1 is 1.29 bits per heavy atom. The summed E-state index contributed by atoms with van der Waals surface area (Å²) in [6, 6.07) is 9.49. The van der Waals surface area contributed by atoms with Crippen molar-refractivity contribution >= 4 is 11.9 Å². The van der Waals surface area contributed by atoms with Crippen molar-refractivity contribution in [1.29, 1.82) is 0 Å². The van der Waals surface area contributed by atoms with Gasteiger partial charge in [-0.15, -0.1) is 0 Å². The standard InChI is InChI=1S/C13H15NO3/c15-12(6-9-4-2-1-3-5-9)14-8-10-7-11(10)13(16)17/h1-5,10-11H,6-8H2,(H,14,15)(H,16,17). The van der Waals surface area contributed by atoms with Crippen LogP contribution in [0.1, 0.15) is 12.0 Å². The highest BCUT2D eigenvalue weighted by Crippen LogP contribution is 2.37. The Bertz CT molecular complexity index is 416. The van der Waals surface area contributed by atoms with Gasteiger partial charge in [-0.3, -0.25) is 9.59 Å². The fraction of sp³-hybridized carbons (Fsp3) is 0.385. The van der Waals surface area contributed by atoms with E-state index in [9.17, 15) is 9.59 Å². The Balaban J connectivity index is 1.71. The monoisotopic (exact) mass is 233 g/mol. The maximum absolute atomic E-state index is 11.6. The van der Waals surface area contributed by atoms with Crippen LogP contribution in [0.3, 0.4) is 0 Å². The van der Waals surface area contributed by atoms with Crippen molar-refractivity contribution in [2.24, 2.45) is 11.8 Å². The number of nitrogens with one attached hydrogen (secondary N) is 1.